The van der Waals surface area contributed by atoms with E-state index in [0.29, 0.717) is 24.9 Å². The molecule has 0 bridgehead atoms. The number of benzene rings is 2. The van der Waals surface area contributed by atoms with Crippen molar-refractivity contribution in [3.05, 3.63) is 74.6 Å². The fourth-order valence-corrected chi connectivity index (χ4v) is 3.84. The second kappa shape index (κ2) is 8.81. The van der Waals surface area contributed by atoms with E-state index in [2.05, 4.69) is 10.2 Å². The number of halogens is 4. The molecule has 12 heteroatoms. The highest BCUT2D eigenvalue weighted by Crippen LogP contribution is 2.33. The van der Waals surface area contributed by atoms with Crippen molar-refractivity contribution in [2.45, 2.75) is 24.9 Å². The van der Waals surface area contributed by atoms with Gasteiger partial charge in [0.15, 0.2) is 0 Å². The number of carbonyl (C=O) groups is 1. The summed E-state index contributed by atoms with van der Waals surface area (Å²) >= 11 is 6.10. The van der Waals surface area contributed by atoms with E-state index in [1.54, 1.807) is 0 Å². The number of likely N-dealkylation sites (tertiary alicyclic amines) is 1. The zero-order chi connectivity index (χ0) is 23.8. The number of non-ortho nitro benzene ring substituents is 1. The Morgan fingerprint density at radius 3 is 2.58 bits per heavy atom. The number of rotatable bonds is 4. The summed E-state index contributed by atoms with van der Waals surface area (Å²) in [4.78, 5) is 24.9. The van der Waals surface area contributed by atoms with Gasteiger partial charge in [-0.3, -0.25) is 14.9 Å². The van der Waals surface area contributed by atoms with Crippen molar-refractivity contribution in [1.82, 2.24) is 15.1 Å². The molecule has 1 unspecified atom stereocenters. The number of alkyl halides is 3. The summed E-state index contributed by atoms with van der Waals surface area (Å²) in [6, 6.07) is 8.04. The average molecular weight is 481 g/mol. The fraction of sp³-hybridized carbons (Fsp3) is 0.286. The largest absolute Gasteiger partial charge is 0.420 e. The minimum absolute atomic E-state index is 0.0301. The molecule has 0 saturated carbocycles. The quantitative estimate of drug-likeness (QED) is 0.369. The third-order valence-corrected chi connectivity index (χ3v) is 5.68. The van der Waals surface area contributed by atoms with Crippen molar-refractivity contribution in [2.24, 2.45) is 0 Å². The van der Waals surface area contributed by atoms with Crippen LogP contribution in [0.5, 0.6) is 0 Å². The molecule has 1 fully saturated rings. The molecule has 1 amide bonds. The first kappa shape index (κ1) is 22.7. The predicted molar refractivity (Wildman–Crippen MR) is 111 cm³/mol. The van der Waals surface area contributed by atoms with Gasteiger partial charge in [0.25, 0.3) is 11.6 Å². The molecule has 4 rings (SSSR count). The van der Waals surface area contributed by atoms with Gasteiger partial charge in [0.2, 0.25) is 11.8 Å². The lowest BCUT2D eigenvalue weighted by Crippen LogP contribution is -2.39. The van der Waals surface area contributed by atoms with E-state index < -0.39 is 22.6 Å². The van der Waals surface area contributed by atoms with Gasteiger partial charge in [-0.1, -0.05) is 11.6 Å². The van der Waals surface area contributed by atoms with Crippen LogP contribution in [0.3, 0.4) is 0 Å². The molecule has 33 heavy (non-hydrogen) atoms. The Kier molecular flexibility index (Phi) is 6.07. The summed E-state index contributed by atoms with van der Waals surface area (Å²) < 4.78 is 44.0. The number of amides is 1. The van der Waals surface area contributed by atoms with Crippen LogP contribution in [-0.2, 0) is 6.18 Å². The molecule has 172 valence electrons. The second-order valence-electron chi connectivity index (χ2n) is 7.53. The van der Waals surface area contributed by atoms with E-state index in [4.69, 9.17) is 16.0 Å². The van der Waals surface area contributed by atoms with Crippen molar-refractivity contribution >= 4 is 23.2 Å². The van der Waals surface area contributed by atoms with E-state index in [-0.39, 0.29) is 40.5 Å². The number of hydrogen-bond donors (Lipinski definition) is 0. The van der Waals surface area contributed by atoms with E-state index in [1.165, 1.54) is 29.2 Å². The lowest BCUT2D eigenvalue weighted by Gasteiger charge is -2.31. The van der Waals surface area contributed by atoms with Crippen LogP contribution in [0.1, 0.15) is 40.6 Å². The highest BCUT2D eigenvalue weighted by atomic mass is 35.5. The van der Waals surface area contributed by atoms with Crippen LogP contribution in [-0.4, -0.2) is 39.0 Å². The molecule has 1 aromatic heterocycles. The number of nitro benzene ring substituents is 1. The Morgan fingerprint density at radius 2 is 1.91 bits per heavy atom. The summed E-state index contributed by atoms with van der Waals surface area (Å²) in [6.45, 7) is 0.654. The summed E-state index contributed by atoms with van der Waals surface area (Å²) in [6.07, 6.45) is -3.17. The highest BCUT2D eigenvalue weighted by Gasteiger charge is 2.32. The van der Waals surface area contributed by atoms with Gasteiger partial charge in [-0.25, -0.2) is 0 Å². The molecular formula is C21H16ClF3N4O4. The summed E-state index contributed by atoms with van der Waals surface area (Å²) in [5.74, 6) is -0.414. The van der Waals surface area contributed by atoms with Crippen molar-refractivity contribution < 1.29 is 27.3 Å². The minimum Gasteiger partial charge on any atom is -0.420 e. The van der Waals surface area contributed by atoms with E-state index in [1.807, 2.05) is 0 Å². The summed E-state index contributed by atoms with van der Waals surface area (Å²) in [5.41, 5.74) is -0.655. The van der Waals surface area contributed by atoms with Crippen LogP contribution in [0.25, 0.3) is 11.5 Å². The van der Waals surface area contributed by atoms with E-state index >= 15 is 0 Å². The molecule has 1 atom stereocenters. The molecule has 0 aliphatic carbocycles. The molecule has 1 aliphatic rings. The topological polar surface area (TPSA) is 102 Å². The minimum atomic E-state index is -4.45. The number of aromatic nitrogens is 2. The number of piperidine rings is 1. The highest BCUT2D eigenvalue weighted by molar-refractivity contribution is 6.33. The molecular weight excluding hydrogens is 465 g/mol. The van der Waals surface area contributed by atoms with Crippen molar-refractivity contribution in [1.29, 1.82) is 0 Å². The lowest BCUT2D eigenvalue weighted by molar-refractivity contribution is -0.384. The Bertz CT molecular complexity index is 1200. The van der Waals surface area contributed by atoms with Gasteiger partial charge in [0.1, 0.15) is 0 Å². The monoisotopic (exact) mass is 480 g/mol. The lowest BCUT2D eigenvalue weighted by atomic mass is 9.97. The van der Waals surface area contributed by atoms with Crippen LogP contribution >= 0.6 is 11.6 Å². The van der Waals surface area contributed by atoms with Crippen molar-refractivity contribution in [3.63, 3.8) is 0 Å². The van der Waals surface area contributed by atoms with Crippen LogP contribution in [0.2, 0.25) is 5.02 Å². The van der Waals surface area contributed by atoms with Crippen molar-refractivity contribution in [2.75, 3.05) is 13.1 Å². The standard InChI is InChI=1S/C21H16ClF3N4O4/c22-17-8-7-15(29(31)32)10-16(17)20(30)28-9-1-2-13(11-28)19-27-26-18(33-19)12-3-5-14(6-4-12)21(23,24)25/h3-8,10,13H,1-2,9,11H2. The van der Waals surface area contributed by atoms with Crippen LogP contribution in [0, 0.1) is 10.1 Å². The smallest absolute Gasteiger partial charge is 0.416 e. The van der Waals surface area contributed by atoms with Gasteiger partial charge in [-0.05, 0) is 43.2 Å². The van der Waals surface area contributed by atoms with E-state index in [9.17, 15) is 28.1 Å². The maximum Gasteiger partial charge on any atom is 0.416 e. The van der Waals surface area contributed by atoms with Crippen LogP contribution in [0.4, 0.5) is 18.9 Å². The molecule has 2 heterocycles. The number of nitrogens with zero attached hydrogens (tertiary/aromatic N) is 4. The van der Waals surface area contributed by atoms with Gasteiger partial charge < -0.3 is 9.32 Å². The van der Waals surface area contributed by atoms with Crippen molar-refractivity contribution in [3.8, 4) is 11.5 Å². The first-order chi connectivity index (χ1) is 15.6. The molecule has 2 aromatic carbocycles. The zero-order valence-electron chi connectivity index (χ0n) is 16.9. The SMILES string of the molecule is O=C(c1cc([N+](=O)[O-])ccc1Cl)N1CCCC(c2nnc(-c3ccc(C(F)(F)F)cc3)o2)C1. The molecule has 8 nitrogen and oxygen atoms in total. The van der Waals surface area contributed by atoms with Gasteiger partial charge in [0, 0.05) is 30.8 Å². The molecule has 1 saturated heterocycles. The number of nitro groups is 1. The first-order valence-corrected chi connectivity index (χ1v) is 10.3. The predicted octanol–water partition coefficient (Wildman–Crippen LogP) is 5.34. The number of carbonyl (C=O) groups excluding carboxylic acids is 1. The molecule has 0 spiro atoms. The number of hydrogen-bond acceptors (Lipinski definition) is 6. The third-order valence-electron chi connectivity index (χ3n) is 5.35. The summed E-state index contributed by atoms with van der Waals surface area (Å²) in [5, 5.41) is 19.1. The maximum absolute atomic E-state index is 13.0. The molecule has 3 aromatic rings. The Balaban J connectivity index is 1.51. The zero-order valence-corrected chi connectivity index (χ0v) is 17.6. The molecule has 1 aliphatic heterocycles. The van der Waals surface area contributed by atoms with Crippen LogP contribution < -0.4 is 0 Å². The Hall–Kier alpha value is -3.47. The fourth-order valence-electron chi connectivity index (χ4n) is 3.64. The third kappa shape index (κ3) is 4.82. The Labute approximate surface area is 190 Å². The normalized spacial score (nSPS) is 16.6. The Morgan fingerprint density at radius 1 is 1.18 bits per heavy atom. The molecule has 0 N–H and O–H groups in total. The van der Waals surface area contributed by atoms with Crippen LogP contribution in [0.15, 0.2) is 46.9 Å². The first-order valence-electron chi connectivity index (χ1n) is 9.87. The summed E-state index contributed by atoms with van der Waals surface area (Å²) in [7, 11) is 0. The maximum atomic E-state index is 13.0. The second-order valence-corrected chi connectivity index (χ2v) is 7.94. The van der Waals surface area contributed by atoms with Gasteiger partial charge >= 0.3 is 6.18 Å². The van der Waals surface area contributed by atoms with Gasteiger partial charge in [0.05, 0.1) is 27.0 Å². The average Bonchev–Trinajstić information content (AvgIpc) is 3.29. The van der Waals surface area contributed by atoms with Gasteiger partial charge in [-0.2, -0.15) is 13.2 Å². The molecule has 0 radical (unpaired) electrons. The van der Waals surface area contributed by atoms with Gasteiger partial charge in [-0.15, -0.1) is 10.2 Å². The van der Waals surface area contributed by atoms with E-state index in [0.717, 1.165) is 18.2 Å².